The molecule has 0 saturated heterocycles. The molecule has 0 fully saturated rings. The Hall–Kier alpha value is -1.78. The first-order valence-electron chi connectivity index (χ1n) is 4.02. The molecule has 0 atom stereocenters. The van der Waals surface area contributed by atoms with Gasteiger partial charge in [0.15, 0.2) is 0 Å². The molecule has 0 aliphatic carbocycles. The van der Waals surface area contributed by atoms with Gasteiger partial charge < -0.3 is 15.7 Å². The van der Waals surface area contributed by atoms with Crippen LogP contribution in [0.2, 0.25) is 0 Å². The average Bonchev–Trinajstić information content (AvgIpc) is 2.16. The largest absolute Gasteiger partial charge is 0.478 e. The number of benzene rings is 1. The molecule has 0 unspecified atom stereocenters. The van der Waals surface area contributed by atoms with Crippen molar-refractivity contribution in [1.82, 2.24) is 0 Å². The van der Waals surface area contributed by atoms with Gasteiger partial charge in [-0.25, -0.2) is 9.18 Å². The van der Waals surface area contributed by atoms with Gasteiger partial charge in [-0.1, -0.05) is 0 Å². The predicted molar refractivity (Wildman–Crippen MR) is 52.5 cm³/mol. The zero-order chi connectivity index (χ0) is 10.7. The van der Waals surface area contributed by atoms with Crippen LogP contribution in [0.3, 0.4) is 0 Å². The van der Waals surface area contributed by atoms with Crippen molar-refractivity contribution in [1.29, 1.82) is 0 Å². The summed E-state index contributed by atoms with van der Waals surface area (Å²) in [6.07, 6.45) is 0. The Kier molecular flexibility index (Phi) is 2.91. The number of hydrogen-bond donors (Lipinski definition) is 3. The van der Waals surface area contributed by atoms with E-state index in [1.165, 1.54) is 6.07 Å². The standard InChI is InChI=1S/C9H11FN2O2/c1-11-7-4-5(9(13)14)3-6(10)8(7)12-2/h3-4,11-12H,1-2H3,(H,13,14). The van der Waals surface area contributed by atoms with Gasteiger partial charge in [0.05, 0.1) is 16.9 Å². The van der Waals surface area contributed by atoms with Gasteiger partial charge in [0.2, 0.25) is 0 Å². The summed E-state index contributed by atoms with van der Waals surface area (Å²) >= 11 is 0. The zero-order valence-corrected chi connectivity index (χ0v) is 7.89. The van der Waals surface area contributed by atoms with Crippen LogP contribution in [0.4, 0.5) is 15.8 Å². The summed E-state index contributed by atoms with van der Waals surface area (Å²) in [5.41, 5.74) is 0.605. The SMILES string of the molecule is CNc1cc(C(=O)O)cc(F)c1NC. The number of carboxylic acids is 1. The fraction of sp³-hybridized carbons (Fsp3) is 0.222. The summed E-state index contributed by atoms with van der Waals surface area (Å²) in [5, 5.41) is 14.0. The number of rotatable bonds is 3. The second kappa shape index (κ2) is 3.95. The van der Waals surface area contributed by atoms with E-state index in [1.54, 1.807) is 14.1 Å². The first kappa shape index (κ1) is 10.3. The molecule has 1 aromatic rings. The first-order valence-corrected chi connectivity index (χ1v) is 4.02. The predicted octanol–water partition coefficient (Wildman–Crippen LogP) is 1.61. The summed E-state index contributed by atoms with van der Waals surface area (Å²) in [6.45, 7) is 0. The highest BCUT2D eigenvalue weighted by Gasteiger charge is 2.12. The van der Waals surface area contributed by atoms with Gasteiger partial charge in [-0.05, 0) is 12.1 Å². The first-order chi connectivity index (χ1) is 6.60. The van der Waals surface area contributed by atoms with Gasteiger partial charge in [0.1, 0.15) is 5.82 Å². The number of halogens is 1. The summed E-state index contributed by atoms with van der Waals surface area (Å²) in [5.74, 6) is -1.74. The maximum Gasteiger partial charge on any atom is 0.335 e. The molecular weight excluding hydrogens is 187 g/mol. The van der Waals surface area contributed by atoms with E-state index in [9.17, 15) is 9.18 Å². The number of anilines is 2. The minimum Gasteiger partial charge on any atom is -0.478 e. The highest BCUT2D eigenvalue weighted by molar-refractivity contribution is 5.90. The van der Waals surface area contributed by atoms with Gasteiger partial charge in [0.25, 0.3) is 0 Å². The second-order valence-corrected chi connectivity index (χ2v) is 2.69. The molecule has 1 rings (SSSR count). The van der Waals surface area contributed by atoms with Crippen LogP contribution in [-0.4, -0.2) is 25.2 Å². The Morgan fingerprint density at radius 1 is 1.36 bits per heavy atom. The third-order valence-electron chi connectivity index (χ3n) is 1.86. The number of hydrogen-bond acceptors (Lipinski definition) is 3. The van der Waals surface area contributed by atoms with Crippen molar-refractivity contribution in [2.75, 3.05) is 24.7 Å². The Bertz CT molecular complexity index is 366. The molecular formula is C9H11FN2O2. The Morgan fingerprint density at radius 3 is 2.43 bits per heavy atom. The lowest BCUT2D eigenvalue weighted by Crippen LogP contribution is -2.04. The van der Waals surface area contributed by atoms with E-state index in [4.69, 9.17) is 5.11 Å². The van der Waals surface area contributed by atoms with E-state index in [-0.39, 0.29) is 11.3 Å². The molecule has 0 aliphatic heterocycles. The maximum absolute atomic E-state index is 13.3. The molecule has 14 heavy (non-hydrogen) atoms. The Morgan fingerprint density at radius 2 is 2.00 bits per heavy atom. The summed E-state index contributed by atoms with van der Waals surface area (Å²) in [6, 6.07) is 2.35. The fourth-order valence-corrected chi connectivity index (χ4v) is 1.18. The lowest BCUT2D eigenvalue weighted by molar-refractivity contribution is 0.0696. The minimum atomic E-state index is -1.15. The molecule has 4 nitrogen and oxygen atoms in total. The molecule has 3 N–H and O–H groups in total. The summed E-state index contributed by atoms with van der Waals surface area (Å²) in [7, 11) is 3.17. The third kappa shape index (κ3) is 1.76. The molecule has 0 aliphatic rings. The van der Waals surface area contributed by atoms with Gasteiger partial charge in [-0.3, -0.25) is 0 Å². The van der Waals surface area contributed by atoms with Crippen molar-refractivity contribution in [2.24, 2.45) is 0 Å². The van der Waals surface area contributed by atoms with Crippen LogP contribution in [0.15, 0.2) is 12.1 Å². The van der Waals surface area contributed by atoms with E-state index < -0.39 is 11.8 Å². The van der Waals surface area contributed by atoms with Gasteiger partial charge >= 0.3 is 5.97 Å². The fourth-order valence-electron chi connectivity index (χ4n) is 1.18. The highest BCUT2D eigenvalue weighted by atomic mass is 19.1. The third-order valence-corrected chi connectivity index (χ3v) is 1.86. The van der Waals surface area contributed by atoms with Crippen LogP contribution in [0, 0.1) is 5.82 Å². The van der Waals surface area contributed by atoms with Gasteiger partial charge in [0, 0.05) is 14.1 Å². The van der Waals surface area contributed by atoms with E-state index in [1.807, 2.05) is 0 Å². The van der Waals surface area contributed by atoms with Gasteiger partial charge in [-0.2, -0.15) is 0 Å². The molecule has 1 aromatic carbocycles. The van der Waals surface area contributed by atoms with Crippen molar-refractivity contribution < 1.29 is 14.3 Å². The normalized spacial score (nSPS) is 9.64. The van der Waals surface area contributed by atoms with Crippen LogP contribution >= 0.6 is 0 Å². The van der Waals surface area contributed by atoms with Crippen molar-refractivity contribution >= 4 is 17.3 Å². The number of carbonyl (C=O) groups is 1. The van der Waals surface area contributed by atoms with Crippen LogP contribution in [0.5, 0.6) is 0 Å². The number of nitrogens with one attached hydrogen (secondary N) is 2. The molecule has 0 saturated carbocycles. The monoisotopic (exact) mass is 198 g/mol. The van der Waals surface area contributed by atoms with Crippen LogP contribution in [0.1, 0.15) is 10.4 Å². The quantitative estimate of drug-likeness (QED) is 0.690. The van der Waals surface area contributed by atoms with Crippen molar-refractivity contribution in [3.8, 4) is 0 Å². The molecule has 0 spiro atoms. The van der Waals surface area contributed by atoms with Crippen LogP contribution < -0.4 is 10.6 Å². The molecule has 76 valence electrons. The van der Waals surface area contributed by atoms with E-state index in [2.05, 4.69) is 10.6 Å². The van der Waals surface area contributed by atoms with Crippen LogP contribution in [-0.2, 0) is 0 Å². The van der Waals surface area contributed by atoms with Crippen molar-refractivity contribution in [2.45, 2.75) is 0 Å². The Balaban J connectivity index is 3.31. The van der Waals surface area contributed by atoms with E-state index in [0.717, 1.165) is 6.07 Å². The van der Waals surface area contributed by atoms with E-state index >= 15 is 0 Å². The lowest BCUT2D eigenvalue weighted by Gasteiger charge is -2.10. The topological polar surface area (TPSA) is 61.4 Å². The minimum absolute atomic E-state index is 0.0779. The molecule has 0 bridgehead atoms. The Labute approximate surface area is 80.7 Å². The van der Waals surface area contributed by atoms with Crippen molar-refractivity contribution in [3.05, 3.63) is 23.5 Å². The summed E-state index contributed by atoms with van der Waals surface area (Å²) < 4.78 is 13.3. The maximum atomic E-state index is 13.3. The summed E-state index contributed by atoms with van der Waals surface area (Å²) in [4.78, 5) is 10.6. The molecule has 5 heteroatoms. The average molecular weight is 198 g/mol. The van der Waals surface area contributed by atoms with Gasteiger partial charge in [-0.15, -0.1) is 0 Å². The van der Waals surface area contributed by atoms with E-state index in [0.29, 0.717) is 5.69 Å². The van der Waals surface area contributed by atoms with Crippen LogP contribution in [0.25, 0.3) is 0 Å². The molecule has 0 amide bonds. The van der Waals surface area contributed by atoms with Crippen molar-refractivity contribution in [3.63, 3.8) is 0 Å². The molecule has 0 heterocycles. The number of aromatic carboxylic acids is 1. The molecule has 0 aromatic heterocycles. The smallest absolute Gasteiger partial charge is 0.335 e. The second-order valence-electron chi connectivity index (χ2n) is 2.69. The molecule has 0 radical (unpaired) electrons. The zero-order valence-electron chi connectivity index (χ0n) is 7.89. The lowest BCUT2D eigenvalue weighted by atomic mass is 10.1. The number of carboxylic acid groups (broad SMARTS) is 1. The highest BCUT2D eigenvalue weighted by Crippen LogP contribution is 2.26.